The molecule has 0 saturated heterocycles. The molecule has 1 unspecified atom stereocenters. The summed E-state index contributed by atoms with van der Waals surface area (Å²) in [5.41, 5.74) is 2.56. The van der Waals surface area contributed by atoms with Gasteiger partial charge in [0.05, 0.1) is 4.90 Å². The fraction of sp³-hybridized carbons (Fsp3) is 0.273. The molecule has 3 N–H and O–H groups in total. The Balaban J connectivity index is 0.00000112. The zero-order chi connectivity index (χ0) is 9.97. The molecule has 1 aliphatic carbocycles. The predicted molar refractivity (Wildman–Crippen MR) is 65.0 cm³/mol. The molecule has 0 spiro atoms. The minimum absolute atomic E-state index is 0. The smallest absolute Gasteiger partial charge is 0.124 e. The standard InChI is InChI=1S/C11H13NOS.H2O.H2/c1-12-14(13)11-7-6-9-4-2-3-5-10(9)8-11;;/h2,4,6-8,12H,3,5H2,1H3;1H2;1H. The lowest BCUT2D eigenvalue weighted by atomic mass is 9.98. The van der Waals surface area contributed by atoms with Gasteiger partial charge >= 0.3 is 0 Å². The van der Waals surface area contributed by atoms with Gasteiger partial charge in [0.15, 0.2) is 0 Å². The molecule has 0 aliphatic heterocycles. The van der Waals surface area contributed by atoms with Gasteiger partial charge in [-0.15, -0.1) is 0 Å². The molecule has 0 heterocycles. The van der Waals surface area contributed by atoms with Crippen LogP contribution in [0.3, 0.4) is 0 Å². The van der Waals surface area contributed by atoms with Crippen LogP contribution in [0.15, 0.2) is 29.2 Å². The van der Waals surface area contributed by atoms with Gasteiger partial charge in [0.2, 0.25) is 0 Å². The topological polar surface area (TPSA) is 60.6 Å². The lowest BCUT2D eigenvalue weighted by Crippen LogP contribution is -2.11. The number of fused-ring (bicyclic) bond motifs is 1. The number of aryl methyl sites for hydroxylation is 1. The molecule has 4 heteroatoms. The van der Waals surface area contributed by atoms with Gasteiger partial charge in [-0.25, -0.2) is 8.93 Å². The van der Waals surface area contributed by atoms with Crippen molar-refractivity contribution < 1.29 is 11.1 Å². The lowest BCUT2D eigenvalue weighted by Gasteiger charge is -2.11. The maximum absolute atomic E-state index is 11.5. The number of hydrogen-bond donors (Lipinski definition) is 1. The van der Waals surface area contributed by atoms with E-state index in [-0.39, 0.29) is 6.90 Å². The Hall–Kier alpha value is -0.970. The number of nitrogens with one attached hydrogen (secondary N) is 1. The Kier molecular flexibility index (Phi) is 4.20. The fourth-order valence-corrected chi connectivity index (χ4v) is 2.32. The van der Waals surface area contributed by atoms with Crippen molar-refractivity contribution in [3.05, 3.63) is 35.4 Å². The molecule has 2 rings (SSSR count). The minimum atomic E-state index is -1.06. The van der Waals surface area contributed by atoms with Crippen molar-refractivity contribution in [2.24, 2.45) is 0 Å². The van der Waals surface area contributed by atoms with Crippen LogP contribution < -0.4 is 4.72 Å². The first-order valence-corrected chi connectivity index (χ1v) is 5.85. The van der Waals surface area contributed by atoms with Crippen LogP contribution in [0.25, 0.3) is 6.08 Å². The van der Waals surface area contributed by atoms with Crippen molar-refractivity contribution in [2.75, 3.05) is 7.05 Å². The Morgan fingerprint density at radius 1 is 1.47 bits per heavy atom. The van der Waals surface area contributed by atoms with Crippen LogP contribution in [0, 0.1) is 0 Å². The number of rotatable bonds is 2. The average Bonchev–Trinajstić information content (AvgIpc) is 2.27. The molecular formula is C11H17NO2S. The van der Waals surface area contributed by atoms with Crippen LogP contribution in [0.2, 0.25) is 0 Å². The highest BCUT2D eigenvalue weighted by molar-refractivity contribution is 7.83. The summed E-state index contributed by atoms with van der Waals surface area (Å²) in [6, 6.07) is 5.99. The van der Waals surface area contributed by atoms with E-state index in [4.69, 9.17) is 0 Å². The molecule has 0 saturated carbocycles. The Morgan fingerprint density at radius 3 is 3.00 bits per heavy atom. The van der Waals surface area contributed by atoms with Gasteiger partial charge in [0.1, 0.15) is 11.0 Å². The average molecular weight is 227 g/mol. The van der Waals surface area contributed by atoms with Crippen LogP contribution >= 0.6 is 0 Å². The molecule has 1 atom stereocenters. The van der Waals surface area contributed by atoms with Crippen LogP contribution in [0.5, 0.6) is 0 Å². The summed E-state index contributed by atoms with van der Waals surface area (Å²) in [5, 5.41) is 0. The van der Waals surface area contributed by atoms with E-state index in [2.05, 4.69) is 16.9 Å². The van der Waals surface area contributed by atoms with Crippen molar-refractivity contribution in [1.82, 2.24) is 4.72 Å². The van der Waals surface area contributed by atoms with Gasteiger partial charge < -0.3 is 5.48 Å². The molecule has 1 aromatic rings. The van der Waals surface area contributed by atoms with Gasteiger partial charge in [-0.3, -0.25) is 0 Å². The highest BCUT2D eigenvalue weighted by atomic mass is 32.2. The van der Waals surface area contributed by atoms with Gasteiger partial charge in [0, 0.05) is 1.43 Å². The molecule has 3 nitrogen and oxygen atoms in total. The summed E-state index contributed by atoms with van der Waals surface area (Å²) in [5.74, 6) is 0. The van der Waals surface area contributed by atoms with Crippen molar-refractivity contribution in [3.63, 3.8) is 0 Å². The molecule has 1 aliphatic rings. The van der Waals surface area contributed by atoms with Crippen molar-refractivity contribution in [3.8, 4) is 0 Å². The molecular weight excluding hydrogens is 210 g/mol. The molecule has 1 aromatic carbocycles. The maximum Gasteiger partial charge on any atom is 0.124 e. The Morgan fingerprint density at radius 2 is 2.27 bits per heavy atom. The van der Waals surface area contributed by atoms with Gasteiger partial charge in [-0.05, 0) is 43.1 Å². The van der Waals surface area contributed by atoms with E-state index in [0.29, 0.717) is 0 Å². The van der Waals surface area contributed by atoms with Crippen LogP contribution in [-0.2, 0) is 17.4 Å². The van der Waals surface area contributed by atoms with Crippen LogP contribution in [0.1, 0.15) is 19.0 Å². The molecule has 15 heavy (non-hydrogen) atoms. The summed E-state index contributed by atoms with van der Waals surface area (Å²) < 4.78 is 14.2. The summed E-state index contributed by atoms with van der Waals surface area (Å²) in [7, 11) is 0.641. The first-order chi connectivity index (χ1) is 6.81. The first-order valence-electron chi connectivity index (χ1n) is 4.70. The van der Waals surface area contributed by atoms with E-state index >= 15 is 0 Å². The molecule has 0 fully saturated rings. The molecule has 84 valence electrons. The first kappa shape index (κ1) is 12.1. The summed E-state index contributed by atoms with van der Waals surface area (Å²) in [6.45, 7) is 0. The third-order valence-corrected chi connectivity index (χ3v) is 3.44. The second-order valence-electron chi connectivity index (χ2n) is 3.27. The molecule has 0 bridgehead atoms. The summed E-state index contributed by atoms with van der Waals surface area (Å²) >= 11 is 0. The van der Waals surface area contributed by atoms with Gasteiger partial charge in [-0.1, -0.05) is 18.2 Å². The van der Waals surface area contributed by atoms with E-state index < -0.39 is 11.0 Å². The zero-order valence-corrected chi connectivity index (χ0v) is 9.43. The normalized spacial score (nSPS) is 15.3. The summed E-state index contributed by atoms with van der Waals surface area (Å²) in [4.78, 5) is 0.863. The van der Waals surface area contributed by atoms with Crippen molar-refractivity contribution in [1.29, 1.82) is 0 Å². The Labute approximate surface area is 93.6 Å². The van der Waals surface area contributed by atoms with E-state index in [9.17, 15) is 4.21 Å². The largest absolute Gasteiger partial charge is 0.412 e. The predicted octanol–water partition coefficient (Wildman–Crippen LogP) is 1.31. The number of allylic oxidation sites excluding steroid dienone is 1. The number of hydrogen-bond acceptors (Lipinski definition) is 1. The number of benzene rings is 1. The van der Waals surface area contributed by atoms with E-state index in [1.54, 1.807) is 7.05 Å². The van der Waals surface area contributed by atoms with Crippen molar-refractivity contribution in [2.45, 2.75) is 17.7 Å². The minimum Gasteiger partial charge on any atom is -0.412 e. The zero-order valence-electron chi connectivity index (χ0n) is 8.62. The highest BCUT2D eigenvalue weighted by Crippen LogP contribution is 2.21. The second-order valence-corrected chi connectivity index (χ2v) is 4.69. The van der Waals surface area contributed by atoms with Crippen LogP contribution in [0.4, 0.5) is 0 Å². The third-order valence-electron chi connectivity index (χ3n) is 2.39. The molecule has 0 radical (unpaired) electrons. The van der Waals surface area contributed by atoms with E-state index in [0.717, 1.165) is 17.7 Å². The fourth-order valence-electron chi connectivity index (χ4n) is 1.64. The molecule has 0 amide bonds. The second kappa shape index (κ2) is 5.21. The van der Waals surface area contributed by atoms with E-state index in [1.165, 1.54) is 11.1 Å². The SMILES string of the molecule is CNS(=O)c1ccc2c(c1)CCC=C2.O.[HH]. The highest BCUT2D eigenvalue weighted by Gasteiger charge is 2.07. The van der Waals surface area contributed by atoms with Crippen molar-refractivity contribution >= 4 is 17.1 Å². The maximum atomic E-state index is 11.5. The third kappa shape index (κ3) is 2.53. The Bertz CT molecular complexity index is 407. The monoisotopic (exact) mass is 227 g/mol. The van der Waals surface area contributed by atoms with E-state index in [1.807, 2.05) is 18.2 Å². The van der Waals surface area contributed by atoms with Gasteiger partial charge in [-0.2, -0.15) is 0 Å². The van der Waals surface area contributed by atoms with Gasteiger partial charge in [0.25, 0.3) is 0 Å². The molecule has 0 aromatic heterocycles. The lowest BCUT2D eigenvalue weighted by molar-refractivity contribution is 0.678. The quantitative estimate of drug-likeness (QED) is 0.813. The summed E-state index contributed by atoms with van der Waals surface area (Å²) in [6.07, 6.45) is 6.45. The van der Waals surface area contributed by atoms with Crippen LogP contribution in [-0.4, -0.2) is 16.7 Å².